The summed E-state index contributed by atoms with van der Waals surface area (Å²) in [5, 5.41) is 7.73. The predicted octanol–water partition coefficient (Wildman–Crippen LogP) is 3.82. The van der Waals surface area contributed by atoms with Crippen molar-refractivity contribution in [2.75, 3.05) is 21.3 Å². The van der Waals surface area contributed by atoms with Gasteiger partial charge in [-0.3, -0.25) is 4.99 Å². The largest absolute Gasteiger partial charge is 0.497 e. The Kier molecular flexibility index (Phi) is 9.14. The first-order valence-electron chi connectivity index (χ1n) is 8.10. The van der Waals surface area contributed by atoms with Crippen molar-refractivity contribution in [3.05, 3.63) is 39.3 Å². The van der Waals surface area contributed by atoms with Crippen molar-refractivity contribution in [1.29, 1.82) is 0 Å². The Labute approximate surface area is 176 Å². The fraction of sp³-hybridized carbons (Fsp3) is 0.444. The predicted molar refractivity (Wildman–Crippen MR) is 118 cm³/mol. The van der Waals surface area contributed by atoms with Crippen molar-refractivity contribution >= 4 is 41.3 Å². The Morgan fingerprint density at radius 2 is 2.00 bits per heavy atom. The van der Waals surface area contributed by atoms with Crippen molar-refractivity contribution in [3.8, 4) is 11.5 Å². The number of aliphatic imine (C=N–C) groups is 1. The number of benzene rings is 1. The van der Waals surface area contributed by atoms with Crippen molar-refractivity contribution in [2.24, 2.45) is 4.99 Å². The lowest BCUT2D eigenvalue weighted by Gasteiger charge is -2.20. The maximum absolute atomic E-state index is 5.46. The summed E-state index contributed by atoms with van der Waals surface area (Å²) in [6.07, 6.45) is 0. The van der Waals surface area contributed by atoms with Crippen LogP contribution in [0.4, 0.5) is 0 Å². The summed E-state index contributed by atoms with van der Waals surface area (Å²) < 4.78 is 10.8. The van der Waals surface area contributed by atoms with Crippen molar-refractivity contribution < 1.29 is 9.47 Å². The summed E-state index contributed by atoms with van der Waals surface area (Å²) in [7, 11) is 5.07. The van der Waals surface area contributed by atoms with E-state index in [1.54, 1.807) is 32.6 Å². The number of ether oxygens (including phenoxy) is 2. The van der Waals surface area contributed by atoms with Gasteiger partial charge in [0.2, 0.25) is 0 Å². The molecule has 2 N–H and O–H groups in total. The Balaban J connectivity index is 0.00000338. The molecule has 0 radical (unpaired) electrons. The molecule has 0 aliphatic heterocycles. The van der Waals surface area contributed by atoms with Crippen molar-refractivity contribution in [1.82, 2.24) is 15.6 Å². The number of halogens is 1. The van der Waals surface area contributed by atoms with E-state index in [0.717, 1.165) is 27.8 Å². The zero-order valence-corrected chi connectivity index (χ0v) is 19.2. The topological polar surface area (TPSA) is 67.8 Å². The average molecular weight is 490 g/mol. The molecule has 2 rings (SSSR count). The second-order valence-electron chi connectivity index (χ2n) is 5.65. The van der Waals surface area contributed by atoms with E-state index in [1.165, 1.54) is 4.88 Å². The van der Waals surface area contributed by atoms with Gasteiger partial charge in [-0.1, -0.05) is 0 Å². The van der Waals surface area contributed by atoms with Gasteiger partial charge in [0.1, 0.15) is 16.5 Å². The van der Waals surface area contributed by atoms with Gasteiger partial charge in [0.05, 0.1) is 32.5 Å². The highest BCUT2D eigenvalue weighted by Gasteiger charge is 2.14. The summed E-state index contributed by atoms with van der Waals surface area (Å²) in [6, 6.07) is 5.76. The van der Waals surface area contributed by atoms with Crippen LogP contribution in [0.2, 0.25) is 0 Å². The summed E-state index contributed by atoms with van der Waals surface area (Å²) in [6.45, 7) is 6.81. The fourth-order valence-corrected chi connectivity index (χ4v) is 3.30. The number of methoxy groups -OCH3 is 2. The molecule has 1 heterocycles. The van der Waals surface area contributed by atoms with Crippen LogP contribution in [0.1, 0.15) is 34.1 Å². The molecule has 8 heteroatoms. The zero-order chi connectivity index (χ0) is 18.4. The normalized spacial score (nSPS) is 12.2. The number of aromatic nitrogens is 1. The van der Waals surface area contributed by atoms with Gasteiger partial charge in [-0.15, -0.1) is 35.3 Å². The Morgan fingerprint density at radius 3 is 2.54 bits per heavy atom. The minimum atomic E-state index is -0.00369. The zero-order valence-electron chi connectivity index (χ0n) is 16.0. The second kappa shape index (κ2) is 10.6. The molecule has 144 valence electrons. The molecule has 0 aliphatic rings. The third kappa shape index (κ3) is 5.73. The first-order valence-corrected chi connectivity index (χ1v) is 8.92. The Morgan fingerprint density at radius 1 is 1.27 bits per heavy atom. The van der Waals surface area contributed by atoms with Gasteiger partial charge in [0.25, 0.3) is 0 Å². The van der Waals surface area contributed by atoms with Gasteiger partial charge in [-0.25, -0.2) is 4.98 Å². The van der Waals surface area contributed by atoms with E-state index >= 15 is 0 Å². The number of rotatable bonds is 6. The highest BCUT2D eigenvalue weighted by Crippen LogP contribution is 2.29. The van der Waals surface area contributed by atoms with E-state index in [9.17, 15) is 0 Å². The van der Waals surface area contributed by atoms with Gasteiger partial charge in [-0.2, -0.15) is 0 Å². The van der Waals surface area contributed by atoms with Crippen LogP contribution in [0.5, 0.6) is 11.5 Å². The highest BCUT2D eigenvalue weighted by molar-refractivity contribution is 14.0. The maximum Gasteiger partial charge on any atom is 0.191 e. The molecule has 2 aromatic rings. The van der Waals surface area contributed by atoms with Gasteiger partial charge in [-0.05, 0) is 39.0 Å². The SMILES string of the molecule is CN=C(NCc1nc(C)c(C)s1)NC(C)c1cc(OC)ccc1OC.I. The van der Waals surface area contributed by atoms with Crippen LogP contribution < -0.4 is 20.1 Å². The molecule has 1 atom stereocenters. The van der Waals surface area contributed by atoms with Crippen LogP contribution in [-0.4, -0.2) is 32.2 Å². The molecule has 0 aliphatic carbocycles. The van der Waals surface area contributed by atoms with Crippen LogP contribution in [0, 0.1) is 13.8 Å². The molecule has 1 unspecified atom stereocenters. The van der Waals surface area contributed by atoms with E-state index in [1.807, 2.05) is 25.1 Å². The summed E-state index contributed by atoms with van der Waals surface area (Å²) in [5.41, 5.74) is 2.09. The summed E-state index contributed by atoms with van der Waals surface area (Å²) in [5.74, 6) is 2.31. The fourth-order valence-electron chi connectivity index (χ4n) is 2.43. The molecule has 0 fully saturated rings. The standard InChI is InChI=1S/C18H26N4O2S.HI/c1-11-13(3)25-17(21-11)10-20-18(19-4)22-12(2)15-9-14(23-5)7-8-16(15)24-6;/h7-9,12H,10H2,1-6H3,(H2,19,20,22);1H. The second-order valence-corrected chi connectivity index (χ2v) is 6.94. The van der Waals surface area contributed by atoms with Gasteiger partial charge in [0.15, 0.2) is 5.96 Å². The van der Waals surface area contributed by atoms with Crippen LogP contribution in [0.15, 0.2) is 23.2 Å². The Bertz CT molecular complexity index is 729. The first-order chi connectivity index (χ1) is 12.0. The molecule has 0 bridgehead atoms. The minimum absolute atomic E-state index is 0. The number of nitrogens with one attached hydrogen (secondary N) is 2. The average Bonchev–Trinajstić information content (AvgIpc) is 2.95. The lowest BCUT2D eigenvalue weighted by molar-refractivity contribution is 0.394. The molecule has 0 saturated heterocycles. The maximum atomic E-state index is 5.46. The number of nitrogens with zero attached hydrogens (tertiary/aromatic N) is 2. The third-order valence-corrected chi connectivity index (χ3v) is 5.03. The number of thiazole rings is 1. The molecule has 0 amide bonds. The third-order valence-electron chi connectivity index (χ3n) is 3.96. The first kappa shape index (κ1) is 22.5. The molecule has 1 aromatic carbocycles. The molecular weight excluding hydrogens is 463 g/mol. The van der Waals surface area contributed by atoms with Crippen molar-refractivity contribution in [2.45, 2.75) is 33.4 Å². The quantitative estimate of drug-likeness (QED) is 0.366. The Hall–Kier alpha value is -1.55. The van der Waals surface area contributed by atoms with E-state index in [0.29, 0.717) is 12.5 Å². The number of hydrogen-bond donors (Lipinski definition) is 2. The molecule has 26 heavy (non-hydrogen) atoms. The van der Waals surface area contributed by atoms with Crippen LogP contribution >= 0.6 is 35.3 Å². The molecule has 0 spiro atoms. The van der Waals surface area contributed by atoms with E-state index in [-0.39, 0.29) is 30.0 Å². The van der Waals surface area contributed by atoms with Gasteiger partial charge < -0.3 is 20.1 Å². The molecule has 1 aromatic heterocycles. The molecule has 6 nitrogen and oxygen atoms in total. The monoisotopic (exact) mass is 490 g/mol. The van der Waals surface area contributed by atoms with Crippen molar-refractivity contribution in [3.63, 3.8) is 0 Å². The highest BCUT2D eigenvalue weighted by atomic mass is 127. The van der Waals surface area contributed by atoms with Crippen LogP contribution in [0.25, 0.3) is 0 Å². The number of aryl methyl sites for hydroxylation is 2. The lowest BCUT2D eigenvalue weighted by atomic mass is 10.1. The number of guanidine groups is 1. The van der Waals surface area contributed by atoms with Crippen LogP contribution in [0.3, 0.4) is 0 Å². The summed E-state index contributed by atoms with van der Waals surface area (Å²) >= 11 is 1.70. The van der Waals surface area contributed by atoms with Gasteiger partial charge >= 0.3 is 0 Å². The molecular formula is C18H27IN4O2S. The summed E-state index contributed by atoms with van der Waals surface area (Å²) in [4.78, 5) is 10.1. The number of hydrogen-bond acceptors (Lipinski definition) is 5. The van der Waals surface area contributed by atoms with E-state index in [4.69, 9.17) is 9.47 Å². The van der Waals surface area contributed by atoms with E-state index in [2.05, 4.69) is 34.5 Å². The smallest absolute Gasteiger partial charge is 0.191 e. The van der Waals surface area contributed by atoms with Gasteiger partial charge in [0, 0.05) is 17.5 Å². The minimum Gasteiger partial charge on any atom is -0.497 e. The lowest BCUT2D eigenvalue weighted by Crippen LogP contribution is -2.38. The molecule has 0 saturated carbocycles. The van der Waals surface area contributed by atoms with E-state index < -0.39 is 0 Å². The van der Waals surface area contributed by atoms with Crippen LogP contribution in [-0.2, 0) is 6.54 Å².